The number of nitrogens with zero attached hydrogens (tertiary/aromatic N) is 1. The lowest BCUT2D eigenvalue weighted by atomic mass is 10.1. The first kappa shape index (κ1) is 11.6. The van der Waals surface area contributed by atoms with Gasteiger partial charge in [0.05, 0.1) is 0 Å². The molecule has 1 unspecified atom stereocenters. The lowest BCUT2D eigenvalue weighted by molar-refractivity contribution is -0.0324. The van der Waals surface area contributed by atoms with Crippen LogP contribution in [-0.2, 0) is 16.9 Å². The lowest BCUT2D eigenvalue weighted by Gasteiger charge is -2.25. The number of hydrogen-bond acceptors (Lipinski definition) is 4. The normalized spacial score (nSPS) is 15.4. The van der Waals surface area contributed by atoms with Crippen LogP contribution in [0.2, 0.25) is 0 Å². The van der Waals surface area contributed by atoms with E-state index in [1.807, 2.05) is 13.1 Å². The van der Waals surface area contributed by atoms with Crippen LogP contribution in [0.25, 0.3) is 0 Å². The summed E-state index contributed by atoms with van der Waals surface area (Å²) in [6.07, 6.45) is 2.77. The van der Waals surface area contributed by atoms with Crippen molar-refractivity contribution < 1.29 is 4.74 Å². The molecule has 0 aliphatic rings. The maximum atomic E-state index is 5.73. The van der Waals surface area contributed by atoms with Gasteiger partial charge in [-0.25, -0.2) is 4.98 Å². The third-order valence-corrected chi connectivity index (χ3v) is 3.61. The van der Waals surface area contributed by atoms with Crippen molar-refractivity contribution >= 4 is 11.3 Å². The van der Waals surface area contributed by atoms with Gasteiger partial charge in [-0.05, 0) is 20.3 Å². The van der Waals surface area contributed by atoms with Crippen molar-refractivity contribution in [1.29, 1.82) is 0 Å². The first-order valence-corrected chi connectivity index (χ1v) is 5.77. The summed E-state index contributed by atoms with van der Waals surface area (Å²) in [7, 11) is 0. The molecule has 1 aromatic heterocycles. The van der Waals surface area contributed by atoms with E-state index in [1.165, 1.54) is 0 Å². The van der Waals surface area contributed by atoms with Gasteiger partial charge in [0.15, 0.2) is 0 Å². The van der Waals surface area contributed by atoms with E-state index < -0.39 is 0 Å². The molecule has 14 heavy (non-hydrogen) atoms. The van der Waals surface area contributed by atoms with Crippen LogP contribution < -0.4 is 5.73 Å². The van der Waals surface area contributed by atoms with Gasteiger partial charge < -0.3 is 10.5 Å². The van der Waals surface area contributed by atoms with Gasteiger partial charge in [0.2, 0.25) is 0 Å². The van der Waals surface area contributed by atoms with Crippen LogP contribution in [0, 0.1) is 0 Å². The third-order valence-electron chi connectivity index (χ3n) is 2.34. The van der Waals surface area contributed by atoms with E-state index in [9.17, 15) is 0 Å². The van der Waals surface area contributed by atoms with Crippen molar-refractivity contribution in [3.63, 3.8) is 0 Å². The van der Waals surface area contributed by atoms with Gasteiger partial charge in [0.1, 0.15) is 10.6 Å². The monoisotopic (exact) mass is 214 g/mol. The molecule has 0 aliphatic heterocycles. The van der Waals surface area contributed by atoms with E-state index in [0.717, 1.165) is 16.3 Å². The van der Waals surface area contributed by atoms with Gasteiger partial charge in [-0.15, -0.1) is 11.3 Å². The SMILES string of the molecule is CCOC(C)(CC)c1ncc(CN)s1. The number of aromatic nitrogens is 1. The van der Waals surface area contributed by atoms with Gasteiger partial charge >= 0.3 is 0 Å². The highest BCUT2D eigenvalue weighted by Gasteiger charge is 2.28. The van der Waals surface area contributed by atoms with Crippen LogP contribution in [0.4, 0.5) is 0 Å². The Balaban J connectivity index is 2.87. The maximum absolute atomic E-state index is 5.73. The summed E-state index contributed by atoms with van der Waals surface area (Å²) in [4.78, 5) is 5.47. The van der Waals surface area contributed by atoms with Crippen LogP contribution in [0.15, 0.2) is 6.20 Å². The summed E-state index contributed by atoms with van der Waals surface area (Å²) >= 11 is 1.64. The van der Waals surface area contributed by atoms with Crippen molar-refractivity contribution in [2.24, 2.45) is 5.73 Å². The lowest BCUT2D eigenvalue weighted by Crippen LogP contribution is -2.24. The molecule has 0 fully saturated rings. The van der Waals surface area contributed by atoms with Crippen molar-refractivity contribution in [3.05, 3.63) is 16.1 Å². The molecule has 0 radical (unpaired) electrons. The Morgan fingerprint density at radius 1 is 1.57 bits per heavy atom. The van der Waals surface area contributed by atoms with Gasteiger partial charge in [-0.3, -0.25) is 0 Å². The van der Waals surface area contributed by atoms with E-state index in [-0.39, 0.29) is 5.60 Å². The van der Waals surface area contributed by atoms with Gasteiger partial charge in [0.25, 0.3) is 0 Å². The maximum Gasteiger partial charge on any atom is 0.125 e. The predicted molar refractivity (Wildman–Crippen MR) is 59.3 cm³/mol. The van der Waals surface area contributed by atoms with Crippen molar-refractivity contribution in [3.8, 4) is 0 Å². The molecular weight excluding hydrogens is 196 g/mol. The minimum atomic E-state index is -0.243. The molecule has 0 amide bonds. The molecule has 4 heteroatoms. The fraction of sp³-hybridized carbons (Fsp3) is 0.700. The summed E-state index contributed by atoms with van der Waals surface area (Å²) in [6.45, 7) is 7.46. The highest BCUT2D eigenvalue weighted by atomic mass is 32.1. The number of rotatable bonds is 5. The van der Waals surface area contributed by atoms with Crippen LogP contribution in [-0.4, -0.2) is 11.6 Å². The Hall–Kier alpha value is -0.450. The average Bonchev–Trinajstić information content (AvgIpc) is 2.66. The summed E-state index contributed by atoms with van der Waals surface area (Å²) in [5.74, 6) is 0. The summed E-state index contributed by atoms with van der Waals surface area (Å²) in [5.41, 5.74) is 5.31. The third kappa shape index (κ3) is 2.32. The Morgan fingerprint density at radius 3 is 2.71 bits per heavy atom. The van der Waals surface area contributed by atoms with Crippen molar-refractivity contribution in [2.75, 3.05) is 6.61 Å². The molecular formula is C10H18N2OS. The summed E-state index contributed by atoms with van der Waals surface area (Å²) < 4.78 is 5.73. The zero-order valence-corrected chi connectivity index (χ0v) is 9.86. The first-order chi connectivity index (χ1) is 6.66. The molecule has 0 saturated carbocycles. The average molecular weight is 214 g/mol. The number of thiazole rings is 1. The van der Waals surface area contributed by atoms with E-state index in [4.69, 9.17) is 10.5 Å². The molecule has 2 N–H and O–H groups in total. The quantitative estimate of drug-likeness (QED) is 0.818. The Kier molecular flexibility index (Phi) is 4.04. The Bertz CT molecular complexity index is 287. The standard InChI is InChI=1S/C10H18N2OS/c1-4-10(3,13-5-2)9-12-7-8(6-11)14-9/h7H,4-6,11H2,1-3H3. The first-order valence-electron chi connectivity index (χ1n) is 4.95. The second kappa shape index (κ2) is 4.87. The van der Waals surface area contributed by atoms with Gasteiger partial charge in [0, 0.05) is 24.2 Å². The topological polar surface area (TPSA) is 48.1 Å². The molecule has 1 atom stereocenters. The minimum absolute atomic E-state index is 0.243. The van der Waals surface area contributed by atoms with E-state index in [0.29, 0.717) is 13.2 Å². The summed E-state index contributed by atoms with van der Waals surface area (Å²) in [6, 6.07) is 0. The number of hydrogen-bond donors (Lipinski definition) is 1. The van der Waals surface area contributed by atoms with Crippen LogP contribution >= 0.6 is 11.3 Å². The Labute approximate surface area is 89.3 Å². The van der Waals surface area contributed by atoms with Crippen LogP contribution in [0.3, 0.4) is 0 Å². The number of nitrogens with two attached hydrogens (primary N) is 1. The second-order valence-electron chi connectivity index (χ2n) is 3.35. The highest BCUT2D eigenvalue weighted by Crippen LogP contribution is 2.31. The zero-order valence-electron chi connectivity index (χ0n) is 9.04. The fourth-order valence-electron chi connectivity index (χ4n) is 1.28. The molecule has 3 nitrogen and oxygen atoms in total. The zero-order chi connectivity index (χ0) is 10.6. The molecule has 0 bridgehead atoms. The molecule has 0 aliphatic carbocycles. The van der Waals surface area contributed by atoms with E-state index in [1.54, 1.807) is 11.3 Å². The molecule has 0 aromatic carbocycles. The van der Waals surface area contributed by atoms with Crippen molar-refractivity contribution in [2.45, 2.75) is 39.3 Å². The largest absolute Gasteiger partial charge is 0.368 e. The fourth-order valence-corrected chi connectivity index (χ4v) is 2.24. The molecule has 0 saturated heterocycles. The predicted octanol–water partition coefficient (Wildman–Crippen LogP) is 2.26. The Morgan fingerprint density at radius 2 is 2.29 bits per heavy atom. The van der Waals surface area contributed by atoms with Gasteiger partial charge in [-0.1, -0.05) is 6.92 Å². The van der Waals surface area contributed by atoms with Gasteiger partial charge in [-0.2, -0.15) is 0 Å². The smallest absolute Gasteiger partial charge is 0.125 e. The van der Waals surface area contributed by atoms with E-state index in [2.05, 4.69) is 18.8 Å². The number of ether oxygens (including phenoxy) is 1. The highest BCUT2D eigenvalue weighted by molar-refractivity contribution is 7.11. The minimum Gasteiger partial charge on any atom is -0.368 e. The van der Waals surface area contributed by atoms with Crippen molar-refractivity contribution in [1.82, 2.24) is 4.98 Å². The van der Waals surface area contributed by atoms with Crippen LogP contribution in [0.5, 0.6) is 0 Å². The van der Waals surface area contributed by atoms with Crippen LogP contribution in [0.1, 0.15) is 37.1 Å². The second-order valence-corrected chi connectivity index (χ2v) is 4.47. The molecule has 0 spiro atoms. The molecule has 1 heterocycles. The molecule has 1 rings (SSSR count). The molecule has 1 aromatic rings. The van der Waals surface area contributed by atoms with E-state index >= 15 is 0 Å². The molecule has 80 valence electrons. The summed E-state index contributed by atoms with van der Waals surface area (Å²) in [5, 5.41) is 1.03.